The third kappa shape index (κ3) is 2.52. The van der Waals surface area contributed by atoms with Crippen molar-refractivity contribution in [2.75, 3.05) is 5.73 Å². The Morgan fingerprint density at radius 3 is 2.90 bits per heavy atom. The van der Waals surface area contributed by atoms with Gasteiger partial charge in [-0.1, -0.05) is 22.8 Å². The average Bonchev–Trinajstić information content (AvgIpc) is 3.01. The fourth-order valence-corrected chi connectivity index (χ4v) is 2.72. The van der Waals surface area contributed by atoms with Gasteiger partial charge in [0, 0.05) is 11.4 Å². The van der Waals surface area contributed by atoms with Crippen molar-refractivity contribution in [3.05, 3.63) is 51.9 Å². The van der Waals surface area contributed by atoms with E-state index in [1.807, 2.05) is 5.38 Å². The standard InChI is InChI=1S/C13H9ClFN3OS/c14-9-6-8(15)2-1-7(9)5-11-17-13(19-18-11)12-10(16)3-4-20-12/h1-4,6H,5,16H2. The molecule has 0 spiro atoms. The van der Waals surface area contributed by atoms with E-state index in [1.165, 1.54) is 23.5 Å². The number of rotatable bonds is 3. The molecule has 20 heavy (non-hydrogen) atoms. The molecule has 7 heteroatoms. The largest absolute Gasteiger partial charge is 0.397 e. The summed E-state index contributed by atoms with van der Waals surface area (Å²) in [5.41, 5.74) is 7.13. The summed E-state index contributed by atoms with van der Waals surface area (Å²) in [6.07, 6.45) is 0.369. The minimum atomic E-state index is -0.376. The molecule has 1 aromatic carbocycles. The number of benzene rings is 1. The van der Waals surface area contributed by atoms with Gasteiger partial charge in [-0.25, -0.2) is 4.39 Å². The van der Waals surface area contributed by atoms with Crippen LogP contribution in [0.1, 0.15) is 11.4 Å². The number of halogens is 2. The van der Waals surface area contributed by atoms with E-state index in [0.29, 0.717) is 28.8 Å². The van der Waals surface area contributed by atoms with E-state index in [0.717, 1.165) is 10.4 Å². The van der Waals surface area contributed by atoms with Crippen molar-refractivity contribution in [3.63, 3.8) is 0 Å². The Bertz CT molecular complexity index is 756. The van der Waals surface area contributed by atoms with Crippen LogP contribution in [-0.2, 0) is 6.42 Å². The first-order valence-corrected chi connectivity index (χ1v) is 6.99. The number of thiophene rings is 1. The zero-order valence-corrected chi connectivity index (χ0v) is 11.7. The van der Waals surface area contributed by atoms with Crippen LogP contribution >= 0.6 is 22.9 Å². The molecule has 0 radical (unpaired) electrons. The molecule has 2 aromatic heterocycles. The molecule has 3 rings (SSSR count). The smallest absolute Gasteiger partial charge is 0.270 e. The quantitative estimate of drug-likeness (QED) is 0.800. The maximum absolute atomic E-state index is 13.0. The fraction of sp³-hybridized carbons (Fsp3) is 0.0769. The number of nitrogen functional groups attached to an aromatic ring is 1. The SMILES string of the molecule is Nc1ccsc1-c1nc(Cc2ccc(F)cc2Cl)no1. The zero-order chi connectivity index (χ0) is 14.1. The first kappa shape index (κ1) is 13.1. The van der Waals surface area contributed by atoms with Crippen LogP contribution in [0.2, 0.25) is 5.02 Å². The van der Waals surface area contributed by atoms with Crippen molar-refractivity contribution < 1.29 is 8.91 Å². The van der Waals surface area contributed by atoms with Gasteiger partial charge in [-0.3, -0.25) is 0 Å². The first-order valence-electron chi connectivity index (χ1n) is 5.73. The number of nitrogens with two attached hydrogens (primary N) is 1. The summed E-state index contributed by atoms with van der Waals surface area (Å²) in [6, 6.07) is 5.99. The molecular formula is C13H9ClFN3OS. The Hall–Kier alpha value is -1.92. The van der Waals surface area contributed by atoms with Crippen molar-refractivity contribution >= 4 is 28.6 Å². The molecule has 0 unspecified atom stereocenters. The monoisotopic (exact) mass is 309 g/mol. The molecule has 4 nitrogen and oxygen atoms in total. The second-order valence-corrected chi connectivity index (χ2v) is 5.46. The number of aromatic nitrogens is 2. The molecule has 0 amide bonds. The van der Waals surface area contributed by atoms with Crippen LogP contribution < -0.4 is 5.73 Å². The highest BCUT2D eigenvalue weighted by Gasteiger charge is 2.14. The van der Waals surface area contributed by atoms with Gasteiger partial charge < -0.3 is 10.3 Å². The topological polar surface area (TPSA) is 64.9 Å². The molecule has 0 saturated carbocycles. The predicted molar refractivity (Wildman–Crippen MR) is 76.2 cm³/mol. The van der Waals surface area contributed by atoms with E-state index in [9.17, 15) is 4.39 Å². The highest BCUT2D eigenvalue weighted by Crippen LogP contribution is 2.30. The maximum Gasteiger partial charge on any atom is 0.270 e. The Morgan fingerprint density at radius 2 is 2.20 bits per heavy atom. The highest BCUT2D eigenvalue weighted by molar-refractivity contribution is 7.14. The molecule has 0 aliphatic rings. The molecule has 2 heterocycles. The third-order valence-corrected chi connectivity index (χ3v) is 3.99. The van der Waals surface area contributed by atoms with Gasteiger partial charge in [0.15, 0.2) is 5.82 Å². The molecule has 0 fully saturated rings. The van der Waals surface area contributed by atoms with Gasteiger partial charge in [0.25, 0.3) is 5.89 Å². The van der Waals surface area contributed by atoms with E-state index in [2.05, 4.69) is 10.1 Å². The van der Waals surface area contributed by atoms with Gasteiger partial charge >= 0.3 is 0 Å². The fourth-order valence-electron chi connectivity index (χ4n) is 1.75. The zero-order valence-electron chi connectivity index (χ0n) is 10.1. The van der Waals surface area contributed by atoms with Crippen LogP contribution in [0.3, 0.4) is 0 Å². The number of nitrogens with zero attached hydrogens (tertiary/aromatic N) is 2. The molecule has 0 atom stereocenters. The second kappa shape index (κ2) is 5.22. The van der Waals surface area contributed by atoms with Gasteiger partial charge in [-0.15, -0.1) is 11.3 Å². The van der Waals surface area contributed by atoms with E-state index in [-0.39, 0.29) is 5.82 Å². The van der Waals surface area contributed by atoms with Crippen molar-refractivity contribution in [2.24, 2.45) is 0 Å². The van der Waals surface area contributed by atoms with Gasteiger partial charge in [-0.2, -0.15) is 4.98 Å². The first-order chi connectivity index (χ1) is 9.63. The van der Waals surface area contributed by atoms with Crippen LogP contribution in [0.4, 0.5) is 10.1 Å². The predicted octanol–water partition coefficient (Wildman–Crippen LogP) is 3.76. The van der Waals surface area contributed by atoms with Gasteiger partial charge in [0.2, 0.25) is 0 Å². The van der Waals surface area contributed by atoms with E-state index >= 15 is 0 Å². The summed E-state index contributed by atoms with van der Waals surface area (Å²) in [5, 5.41) is 6.08. The van der Waals surface area contributed by atoms with Crippen LogP contribution in [-0.4, -0.2) is 10.1 Å². The summed E-state index contributed by atoms with van der Waals surface area (Å²) in [6.45, 7) is 0. The van der Waals surface area contributed by atoms with Crippen molar-refractivity contribution in [3.8, 4) is 10.8 Å². The second-order valence-electron chi connectivity index (χ2n) is 4.13. The molecule has 0 bridgehead atoms. The highest BCUT2D eigenvalue weighted by atomic mass is 35.5. The van der Waals surface area contributed by atoms with Crippen LogP contribution in [0.25, 0.3) is 10.8 Å². The minimum Gasteiger partial charge on any atom is -0.397 e. The van der Waals surface area contributed by atoms with Gasteiger partial charge in [0.1, 0.15) is 10.7 Å². The molecule has 102 valence electrons. The summed E-state index contributed by atoms with van der Waals surface area (Å²) in [7, 11) is 0. The van der Waals surface area contributed by atoms with Crippen LogP contribution in [0.15, 0.2) is 34.2 Å². The molecule has 0 aliphatic carbocycles. The van der Waals surface area contributed by atoms with Crippen LogP contribution in [0, 0.1) is 5.82 Å². The maximum atomic E-state index is 13.0. The van der Waals surface area contributed by atoms with Crippen molar-refractivity contribution in [1.82, 2.24) is 10.1 Å². The van der Waals surface area contributed by atoms with Gasteiger partial charge in [0.05, 0.1) is 5.69 Å². The molecule has 2 N–H and O–H groups in total. The molecule has 0 aliphatic heterocycles. The number of anilines is 1. The van der Waals surface area contributed by atoms with E-state index in [1.54, 1.807) is 12.1 Å². The van der Waals surface area contributed by atoms with Crippen LogP contribution in [0.5, 0.6) is 0 Å². The summed E-state index contributed by atoms with van der Waals surface area (Å²) in [4.78, 5) is 5.02. The molecule has 0 saturated heterocycles. The molecule has 3 aromatic rings. The summed E-state index contributed by atoms with van der Waals surface area (Å²) in [5.74, 6) is 0.478. The molecular weight excluding hydrogens is 301 g/mol. The Balaban J connectivity index is 1.86. The Morgan fingerprint density at radius 1 is 1.35 bits per heavy atom. The lowest BCUT2D eigenvalue weighted by Gasteiger charge is -2.00. The van der Waals surface area contributed by atoms with E-state index in [4.69, 9.17) is 21.9 Å². The normalized spacial score (nSPS) is 10.9. The lowest BCUT2D eigenvalue weighted by molar-refractivity contribution is 0.425. The third-order valence-electron chi connectivity index (χ3n) is 2.72. The average molecular weight is 310 g/mol. The summed E-state index contributed by atoms with van der Waals surface area (Å²) >= 11 is 7.40. The number of hydrogen-bond donors (Lipinski definition) is 1. The summed E-state index contributed by atoms with van der Waals surface area (Å²) < 4.78 is 18.2. The van der Waals surface area contributed by atoms with E-state index < -0.39 is 0 Å². The Kier molecular flexibility index (Phi) is 3.42. The number of hydrogen-bond acceptors (Lipinski definition) is 5. The lowest BCUT2D eigenvalue weighted by Crippen LogP contribution is -1.93. The van der Waals surface area contributed by atoms with Gasteiger partial charge in [-0.05, 0) is 29.1 Å². The Labute approximate surface area is 123 Å². The van der Waals surface area contributed by atoms with Crippen molar-refractivity contribution in [2.45, 2.75) is 6.42 Å². The van der Waals surface area contributed by atoms with Crippen molar-refractivity contribution in [1.29, 1.82) is 0 Å². The lowest BCUT2D eigenvalue weighted by atomic mass is 10.1. The minimum absolute atomic E-state index is 0.340.